The fourth-order valence-electron chi connectivity index (χ4n) is 5.36. The van der Waals surface area contributed by atoms with E-state index in [0.717, 1.165) is 12.8 Å². The van der Waals surface area contributed by atoms with E-state index in [-0.39, 0.29) is 36.6 Å². The molecule has 1 aliphatic heterocycles. The van der Waals surface area contributed by atoms with Gasteiger partial charge in [0.05, 0.1) is 6.04 Å². The Hall–Kier alpha value is -2.82. The highest BCUT2D eigenvalue weighted by Gasteiger charge is 2.54. The number of Topliss-reactive ketones (excluding diaryl/α,β-unsaturated/α-hetero) is 2. The molecule has 3 aliphatic rings. The maximum Gasteiger partial charge on any atom is 0.289 e. The number of likely N-dealkylation sites (tertiary alicyclic amines) is 1. The highest BCUT2D eigenvalue weighted by molar-refractivity contribution is 6.38. The van der Waals surface area contributed by atoms with Crippen LogP contribution in [0.4, 0.5) is 0 Å². The van der Waals surface area contributed by atoms with E-state index in [1.165, 1.54) is 4.90 Å². The third kappa shape index (κ3) is 6.59. The van der Waals surface area contributed by atoms with Crippen LogP contribution >= 0.6 is 0 Å². The summed E-state index contributed by atoms with van der Waals surface area (Å²) in [6.45, 7) is 8.74. The summed E-state index contributed by atoms with van der Waals surface area (Å²) in [7, 11) is 0. The minimum atomic E-state index is -1.30. The number of aliphatic hydroxyl groups is 1. The molecule has 1 heterocycles. The summed E-state index contributed by atoms with van der Waals surface area (Å²) in [6.07, 6.45) is 1.89. The normalized spacial score (nSPS) is 25.1. The van der Waals surface area contributed by atoms with E-state index in [2.05, 4.69) is 16.0 Å². The monoisotopic (exact) mass is 534 g/mol. The van der Waals surface area contributed by atoms with Crippen LogP contribution in [0, 0.1) is 23.7 Å². The summed E-state index contributed by atoms with van der Waals surface area (Å²) in [5.74, 6) is -4.88. The van der Waals surface area contributed by atoms with Gasteiger partial charge in [-0.15, -0.1) is 0 Å². The molecular formula is C27H42N4O7. The number of ketones is 2. The topological polar surface area (TPSA) is 162 Å². The Bertz CT molecular complexity index is 961. The quantitative estimate of drug-likeness (QED) is 0.258. The van der Waals surface area contributed by atoms with E-state index in [9.17, 15) is 33.9 Å². The number of hydrogen-bond donors (Lipinski definition) is 4. The van der Waals surface area contributed by atoms with Gasteiger partial charge in [-0.3, -0.25) is 28.8 Å². The summed E-state index contributed by atoms with van der Waals surface area (Å²) in [6, 6.07) is -3.07. The first-order chi connectivity index (χ1) is 17.9. The number of fused-ring (bicyclic) bond motifs is 1. The summed E-state index contributed by atoms with van der Waals surface area (Å²) in [4.78, 5) is 79.2. The van der Waals surface area contributed by atoms with Gasteiger partial charge >= 0.3 is 0 Å². The van der Waals surface area contributed by atoms with Crippen LogP contribution in [0.5, 0.6) is 0 Å². The molecule has 3 fully saturated rings. The maximum atomic E-state index is 13.8. The highest BCUT2D eigenvalue weighted by atomic mass is 16.3. The van der Waals surface area contributed by atoms with Gasteiger partial charge in [0.15, 0.2) is 0 Å². The molecule has 2 saturated carbocycles. The van der Waals surface area contributed by atoms with Crippen molar-refractivity contribution < 1.29 is 33.9 Å². The van der Waals surface area contributed by atoms with Crippen LogP contribution in [-0.4, -0.2) is 82.0 Å². The maximum absolute atomic E-state index is 13.8. The standard InChI is InChI=1S/C27H42N4O7/c1-6-7-18(23(34)26(37)28-15-8-9-15)29-24(35)21-16-10-11-19(32)17(16)12-31(21)27(38)20(13(2)3)30-25(36)22(33)14(4)5/h13-18,20-22,33H,6-12H2,1-5H3,(H,28,37)(H,29,35)(H,30,36)/t16?,17-,18?,20-,21-,22-/m0/s1. The molecule has 212 valence electrons. The Labute approximate surface area is 223 Å². The Kier molecular flexibility index (Phi) is 9.67. The molecule has 11 nitrogen and oxygen atoms in total. The van der Waals surface area contributed by atoms with E-state index >= 15 is 0 Å². The molecule has 4 N–H and O–H groups in total. The lowest BCUT2D eigenvalue weighted by Crippen LogP contribution is -2.59. The molecule has 4 amide bonds. The Balaban J connectivity index is 1.82. The van der Waals surface area contributed by atoms with E-state index in [1.54, 1.807) is 27.7 Å². The molecule has 0 aromatic carbocycles. The third-order valence-electron chi connectivity index (χ3n) is 7.82. The SMILES string of the molecule is CCCC(NC(=O)[C@@H]1C2CCC(=O)[C@H]2CN1C(=O)[C@@H](NC(=O)[C@@H](O)C(C)C)C(C)C)C(=O)C(=O)NC1CC1. The number of nitrogens with zero attached hydrogens (tertiary/aromatic N) is 1. The second-order valence-electron chi connectivity index (χ2n) is 11.6. The highest BCUT2D eigenvalue weighted by Crippen LogP contribution is 2.41. The zero-order chi connectivity index (χ0) is 28.3. The molecular weight excluding hydrogens is 492 g/mol. The largest absolute Gasteiger partial charge is 0.383 e. The summed E-state index contributed by atoms with van der Waals surface area (Å²) in [5, 5.41) is 18.2. The lowest BCUT2D eigenvalue weighted by Gasteiger charge is -2.33. The van der Waals surface area contributed by atoms with E-state index in [4.69, 9.17) is 0 Å². The van der Waals surface area contributed by atoms with Gasteiger partial charge in [-0.05, 0) is 37.5 Å². The van der Waals surface area contributed by atoms with Crippen molar-refractivity contribution in [2.75, 3.05) is 6.54 Å². The van der Waals surface area contributed by atoms with Crippen LogP contribution in [-0.2, 0) is 28.8 Å². The zero-order valence-electron chi connectivity index (χ0n) is 23.0. The average molecular weight is 535 g/mol. The molecule has 2 unspecified atom stereocenters. The molecule has 38 heavy (non-hydrogen) atoms. The molecule has 11 heteroatoms. The van der Waals surface area contributed by atoms with E-state index in [1.807, 2.05) is 6.92 Å². The van der Waals surface area contributed by atoms with Crippen molar-refractivity contribution >= 4 is 35.2 Å². The second kappa shape index (κ2) is 12.4. The number of amides is 4. The van der Waals surface area contributed by atoms with Crippen LogP contribution < -0.4 is 16.0 Å². The van der Waals surface area contributed by atoms with Crippen molar-refractivity contribution in [1.29, 1.82) is 0 Å². The van der Waals surface area contributed by atoms with Crippen molar-refractivity contribution in [3.8, 4) is 0 Å². The first-order valence-corrected chi connectivity index (χ1v) is 13.8. The molecule has 1 saturated heterocycles. The number of rotatable bonds is 12. The van der Waals surface area contributed by atoms with Gasteiger partial charge in [0.2, 0.25) is 23.5 Å². The van der Waals surface area contributed by atoms with Crippen molar-refractivity contribution in [3.05, 3.63) is 0 Å². The van der Waals surface area contributed by atoms with E-state index < -0.39 is 65.5 Å². The van der Waals surface area contributed by atoms with Crippen LogP contribution in [0.15, 0.2) is 0 Å². The van der Waals surface area contributed by atoms with Crippen LogP contribution in [0.2, 0.25) is 0 Å². The van der Waals surface area contributed by atoms with E-state index in [0.29, 0.717) is 19.3 Å². The average Bonchev–Trinajstić information content (AvgIpc) is 3.48. The fraction of sp³-hybridized carbons (Fsp3) is 0.778. The predicted octanol–water partition coefficient (Wildman–Crippen LogP) is 0.0828. The van der Waals surface area contributed by atoms with Crippen molar-refractivity contribution in [2.24, 2.45) is 23.7 Å². The number of aliphatic hydroxyl groups excluding tert-OH is 1. The van der Waals surface area contributed by atoms with Crippen LogP contribution in [0.1, 0.15) is 73.1 Å². The minimum Gasteiger partial charge on any atom is -0.383 e. The lowest BCUT2D eigenvalue weighted by atomic mass is 9.92. The molecule has 6 atom stereocenters. The number of carbonyl (C=O) groups excluding carboxylic acids is 6. The number of nitrogens with one attached hydrogen (secondary N) is 3. The van der Waals surface area contributed by atoms with Gasteiger partial charge in [-0.1, -0.05) is 41.0 Å². The Morgan fingerprint density at radius 1 is 1.00 bits per heavy atom. The van der Waals surface area contributed by atoms with Crippen LogP contribution in [0.25, 0.3) is 0 Å². The molecule has 0 aromatic heterocycles. The first-order valence-electron chi connectivity index (χ1n) is 13.8. The molecule has 0 aromatic rings. The minimum absolute atomic E-state index is 0.00461. The van der Waals surface area contributed by atoms with Gasteiger partial charge in [0.25, 0.3) is 5.91 Å². The predicted molar refractivity (Wildman–Crippen MR) is 137 cm³/mol. The molecule has 0 spiro atoms. The number of hydrogen-bond acceptors (Lipinski definition) is 7. The van der Waals surface area contributed by atoms with Gasteiger partial charge in [-0.2, -0.15) is 0 Å². The summed E-state index contributed by atoms with van der Waals surface area (Å²) < 4.78 is 0. The summed E-state index contributed by atoms with van der Waals surface area (Å²) in [5.41, 5.74) is 0. The Morgan fingerprint density at radius 2 is 1.66 bits per heavy atom. The molecule has 2 aliphatic carbocycles. The molecule has 3 rings (SSSR count). The number of carbonyl (C=O) groups is 6. The first kappa shape index (κ1) is 29.7. The van der Waals surface area contributed by atoms with Gasteiger partial charge in [0.1, 0.15) is 24.0 Å². The second-order valence-corrected chi connectivity index (χ2v) is 11.6. The zero-order valence-corrected chi connectivity index (χ0v) is 23.0. The fourth-order valence-corrected chi connectivity index (χ4v) is 5.36. The van der Waals surface area contributed by atoms with Crippen molar-refractivity contribution in [3.63, 3.8) is 0 Å². The summed E-state index contributed by atoms with van der Waals surface area (Å²) >= 11 is 0. The molecule has 0 radical (unpaired) electrons. The Morgan fingerprint density at radius 3 is 2.21 bits per heavy atom. The van der Waals surface area contributed by atoms with Gasteiger partial charge < -0.3 is 26.0 Å². The molecule has 0 bridgehead atoms. The van der Waals surface area contributed by atoms with Gasteiger partial charge in [0, 0.05) is 30.8 Å². The van der Waals surface area contributed by atoms with Crippen molar-refractivity contribution in [1.82, 2.24) is 20.9 Å². The van der Waals surface area contributed by atoms with Crippen molar-refractivity contribution in [2.45, 2.75) is 103 Å². The van der Waals surface area contributed by atoms with Crippen LogP contribution in [0.3, 0.4) is 0 Å². The lowest BCUT2D eigenvalue weighted by molar-refractivity contribution is -0.146. The van der Waals surface area contributed by atoms with Gasteiger partial charge in [-0.25, -0.2) is 0 Å². The third-order valence-corrected chi connectivity index (χ3v) is 7.82. The smallest absolute Gasteiger partial charge is 0.289 e.